The molecule has 0 aromatic heterocycles. The van der Waals surface area contributed by atoms with Crippen LogP contribution in [0.5, 0.6) is 0 Å². The molecule has 0 aromatic carbocycles. The van der Waals surface area contributed by atoms with Crippen molar-refractivity contribution in [3.8, 4) is 0 Å². The minimum atomic E-state index is -0.400. The Morgan fingerprint density at radius 1 is 0.333 bits per heavy atom. The lowest BCUT2D eigenvalue weighted by atomic mass is 9.88. The molecule has 24 heteroatoms. The van der Waals surface area contributed by atoms with Crippen molar-refractivity contribution in [3.05, 3.63) is 0 Å². The Hall–Kier alpha value is -2.31. The largest absolute Gasteiger partial charge is 0.463 e. The molecule has 0 N–H and O–H groups in total. The Kier molecular flexibility index (Phi) is 38.6. The van der Waals surface area contributed by atoms with Crippen LogP contribution < -0.4 is 0 Å². The number of epoxide rings is 2. The van der Waals surface area contributed by atoms with Crippen molar-refractivity contribution < 1.29 is 114 Å². The highest BCUT2D eigenvalue weighted by Gasteiger charge is 2.47. The van der Waals surface area contributed by atoms with Crippen LogP contribution in [0.1, 0.15) is 71.6 Å². The van der Waals surface area contributed by atoms with Crippen LogP contribution in [0.3, 0.4) is 0 Å². The van der Waals surface area contributed by atoms with Crippen LogP contribution in [-0.2, 0) is 114 Å². The molecular formula is C57H100O24. The molecule has 5 aliphatic rings. The van der Waals surface area contributed by atoms with Crippen molar-refractivity contribution in [1.29, 1.82) is 0 Å². The molecule has 2 aliphatic carbocycles. The average molecular weight is 1170 g/mol. The number of carbonyl (C=O) groups excluding carboxylic acids is 3. The monoisotopic (exact) mass is 1170 g/mol. The van der Waals surface area contributed by atoms with Crippen molar-refractivity contribution in [2.45, 2.75) is 102 Å². The van der Waals surface area contributed by atoms with E-state index in [4.69, 9.17) is 99.5 Å². The zero-order valence-corrected chi connectivity index (χ0v) is 48.8. The first kappa shape index (κ1) is 69.5. The molecule has 3 heterocycles. The van der Waals surface area contributed by atoms with Crippen LogP contribution in [-0.4, -0.2) is 273 Å². The van der Waals surface area contributed by atoms with E-state index in [0.717, 1.165) is 44.9 Å². The lowest BCUT2D eigenvalue weighted by Crippen LogP contribution is -2.38. The molecule has 0 aromatic rings. The summed E-state index contributed by atoms with van der Waals surface area (Å²) in [6.45, 7) is 17.7. The quantitative estimate of drug-likeness (QED) is 0.0367. The smallest absolute Gasteiger partial charge is 0.309 e. The van der Waals surface area contributed by atoms with Gasteiger partial charge < -0.3 is 99.5 Å². The Balaban J connectivity index is 0.810. The van der Waals surface area contributed by atoms with Crippen LogP contribution in [0.25, 0.3) is 0 Å². The van der Waals surface area contributed by atoms with Crippen molar-refractivity contribution in [3.63, 3.8) is 0 Å². The van der Waals surface area contributed by atoms with Gasteiger partial charge in [-0.2, -0.15) is 0 Å². The zero-order chi connectivity index (χ0) is 57.1. The number of esters is 3. The van der Waals surface area contributed by atoms with Crippen molar-refractivity contribution in [2.75, 3.05) is 225 Å². The standard InChI is InChI=1S/C57H100O24/c1-3-57(45-75-33-30-69-21-18-63-12-15-66-24-27-72-36-39-79-56(60)49-8-9-76-46(2)40-49,43-73-31-28-67-19-16-61-10-13-64-22-25-70-34-37-77-54(58)47-4-6-50-52(41-47)80-50)44-74-32-29-68-20-17-62-11-14-65-23-26-71-35-38-78-55(59)48-5-7-51-53(42-48)81-51/h46-53H,3-45H2,1-2H3. The summed E-state index contributed by atoms with van der Waals surface area (Å²) in [6.07, 6.45) is 8.55. The van der Waals surface area contributed by atoms with Gasteiger partial charge in [-0.1, -0.05) is 6.92 Å². The Bertz CT molecular complexity index is 1430. The molecule has 0 amide bonds. The highest BCUT2D eigenvalue weighted by molar-refractivity contribution is 5.73. The second-order valence-corrected chi connectivity index (χ2v) is 20.7. The van der Waals surface area contributed by atoms with E-state index in [0.29, 0.717) is 230 Å². The maximum Gasteiger partial charge on any atom is 0.309 e. The molecule has 81 heavy (non-hydrogen) atoms. The molecule has 8 unspecified atom stereocenters. The normalized spacial score (nSPS) is 23.8. The zero-order valence-electron chi connectivity index (χ0n) is 48.8. The minimum absolute atomic E-state index is 0.0562. The number of hydrogen-bond acceptors (Lipinski definition) is 24. The van der Waals surface area contributed by atoms with Gasteiger partial charge in [0.1, 0.15) is 19.8 Å². The summed E-state index contributed by atoms with van der Waals surface area (Å²) in [6, 6.07) is 0. The van der Waals surface area contributed by atoms with Gasteiger partial charge in [-0.15, -0.1) is 0 Å². The molecular weight excluding hydrogens is 1070 g/mol. The van der Waals surface area contributed by atoms with Gasteiger partial charge in [-0.25, -0.2) is 0 Å². The van der Waals surface area contributed by atoms with Gasteiger partial charge >= 0.3 is 17.9 Å². The van der Waals surface area contributed by atoms with E-state index < -0.39 is 5.41 Å². The van der Waals surface area contributed by atoms with E-state index in [-0.39, 0.29) is 73.8 Å². The van der Waals surface area contributed by atoms with E-state index in [1.54, 1.807) is 0 Å². The van der Waals surface area contributed by atoms with E-state index in [9.17, 15) is 14.4 Å². The average Bonchev–Trinajstić information content (AvgIpc) is 4.44. The van der Waals surface area contributed by atoms with Crippen LogP contribution in [0, 0.1) is 23.2 Å². The second kappa shape index (κ2) is 45.1. The number of fused-ring (bicyclic) bond motifs is 2. The number of carbonyl (C=O) groups is 3. The van der Waals surface area contributed by atoms with Crippen molar-refractivity contribution in [2.24, 2.45) is 23.2 Å². The fourth-order valence-electron chi connectivity index (χ4n) is 9.34. The van der Waals surface area contributed by atoms with Crippen molar-refractivity contribution >= 4 is 17.9 Å². The van der Waals surface area contributed by atoms with Crippen LogP contribution >= 0.6 is 0 Å². The molecule has 3 aliphatic heterocycles. The molecule has 8 atom stereocenters. The van der Waals surface area contributed by atoms with Gasteiger partial charge in [0.2, 0.25) is 0 Å². The molecule has 0 bridgehead atoms. The predicted molar refractivity (Wildman–Crippen MR) is 288 cm³/mol. The van der Waals surface area contributed by atoms with E-state index in [1.807, 2.05) is 6.92 Å². The Labute approximate surface area is 480 Å². The summed E-state index contributed by atoms with van der Waals surface area (Å²) in [7, 11) is 0. The highest BCUT2D eigenvalue weighted by atomic mass is 16.6. The number of ether oxygens (including phenoxy) is 21. The van der Waals surface area contributed by atoms with E-state index in [2.05, 4.69) is 6.92 Å². The van der Waals surface area contributed by atoms with Gasteiger partial charge in [-0.05, 0) is 64.7 Å². The van der Waals surface area contributed by atoms with E-state index >= 15 is 0 Å². The van der Waals surface area contributed by atoms with Crippen LogP contribution in [0.4, 0.5) is 0 Å². The van der Waals surface area contributed by atoms with Gasteiger partial charge in [0, 0.05) is 12.0 Å². The third-order valence-electron chi connectivity index (χ3n) is 14.3. The first-order valence-corrected chi connectivity index (χ1v) is 29.9. The summed E-state index contributed by atoms with van der Waals surface area (Å²) in [5, 5.41) is 0. The third kappa shape index (κ3) is 33.3. The molecule has 0 spiro atoms. The van der Waals surface area contributed by atoms with Gasteiger partial charge in [0.15, 0.2) is 0 Å². The summed E-state index contributed by atoms with van der Waals surface area (Å²) < 4.78 is 118. The second-order valence-electron chi connectivity index (χ2n) is 20.7. The van der Waals surface area contributed by atoms with Crippen molar-refractivity contribution in [1.82, 2.24) is 0 Å². The molecule has 24 nitrogen and oxygen atoms in total. The predicted octanol–water partition coefficient (Wildman–Crippen LogP) is 3.21. The molecule has 5 fully saturated rings. The fraction of sp³-hybridized carbons (Fsp3) is 0.947. The fourth-order valence-corrected chi connectivity index (χ4v) is 9.34. The summed E-state index contributed by atoms with van der Waals surface area (Å²) in [5.74, 6) is -0.696. The Morgan fingerprint density at radius 3 is 0.852 bits per heavy atom. The summed E-state index contributed by atoms with van der Waals surface area (Å²) in [4.78, 5) is 36.6. The molecule has 472 valence electrons. The minimum Gasteiger partial charge on any atom is -0.463 e. The lowest BCUT2D eigenvalue weighted by Gasteiger charge is -2.32. The lowest BCUT2D eigenvalue weighted by molar-refractivity contribution is -0.155. The molecule has 2 saturated carbocycles. The van der Waals surface area contributed by atoms with Gasteiger partial charge in [0.25, 0.3) is 0 Å². The number of rotatable bonds is 55. The molecule has 0 radical (unpaired) electrons. The molecule has 5 rings (SSSR count). The van der Waals surface area contributed by atoms with Crippen LogP contribution in [0.15, 0.2) is 0 Å². The maximum atomic E-state index is 12.2. The van der Waals surface area contributed by atoms with E-state index in [1.165, 1.54) is 0 Å². The SMILES string of the molecule is CCC(COCCOCCOCCOCCOCCOC(=O)C1CCOC(C)C1)(COCCOCCOCCOCCOCCOC(=O)C1CCC2OC2C1)COCCOCCOCCOCCOCCOC(=O)C1CCC2OC2C1. The van der Waals surface area contributed by atoms with Gasteiger partial charge in [-0.3, -0.25) is 14.4 Å². The topological polar surface area (TPSA) is 252 Å². The first-order chi connectivity index (χ1) is 39.9. The maximum absolute atomic E-state index is 12.2. The third-order valence-corrected chi connectivity index (χ3v) is 14.3. The summed E-state index contributed by atoms with van der Waals surface area (Å²) >= 11 is 0. The highest BCUT2D eigenvalue weighted by Crippen LogP contribution is 2.40. The number of hydrogen-bond donors (Lipinski definition) is 0. The van der Waals surface area contributed by atoms with Gasteiger partial charge in [0.05, 0.1) is 246 Å². The first-order valence-electron chi connectivity index (χ1n) is 29.9. The van der Waals surface area contributed by atoms with Crippen LogP contribution in [0.2, 0.25) is 0 Å². The molecule has 3 saturated heterocycles. The Morgan fingerprint density at radius 2 is 0.593 bits per heavy atom. The summed E-state index contributed by atoms with van der Waals surface area (Å²) in [5.41, 5.74) is -0.400.